The van der Waals surface area contributed by atoms with E-state index in [-0.39, 0.29) is 17.5 Å². The second-order valence-corrected chi connectivity index (χ2v) is 18.6. The zero-order valence-electron chi connectivity index (χ0n) is 33.2. The fourth-order valence-corrected chi connectivity index (χ4v) is 9.86. The average Bonchev–Trinajstić information content (AvgIpc) is 3.22. The van der Waals surface area contributed by atoms with Gasteiger partial charge in [-0.25, -0.2) is 18.4 Å². The molecule has 1 atom stereocenters. The minimum atomic E-state index is -4.82. The van der Waals surface area contributed by atoms with Crippen LogP contribution >= 0.6 is 23.4 Å². The largest absolute Gasteiger partial charge is 0.418 e. The molecule has 2 aliphatic rings. The van der Waals surface area contributed by atoms with E-state index in [1.807, 2.05) is 73.6 Å². The third kappa shape index (κ3) is 11.1. The summed E-state index contributed by atoms with van der Waals surface area (Å²) in [6.45, 7) is 5.00. The minimum absolute atomic E-state index is 0.0129. The van der Waals surface area contributed by atoms with Crippen LogP contribution in [0.3, 0.4) is 0 Å². The van der Waals surface area contributed by atoms with Crippen molar-refractivity contribution in [2.75, 3.05) is 74.1 Å². The summed E-state index contributed by atoms with van der Waals surface area (Å²) < 4.78 is 73.6. The highest BCUT2D eigenvalue weighted by molar-refractivity contribution is 7.99. The topological polar surface area (TPSA) is 93.7 Å². The maximum atomic E-state index is 14.6. The molecule has 1 fully saturated rings. The lowest BCUT2D eigenvalue weighted by atomic mass is 9.87. The van der Waals surface area contributed by atoms with E-state index < -0.39 is 26.7 Å². The number of rotatable bonds is 15. The first-order valence-electron chi connectivity index (χ1n) is 19.8. The van der Waals surface area contributed by atoms with Crippen LogP contribution in [0.15, 0.2) is 113 Å². The number of anilines is 3. The van der Waals surface area contributed by atoms with Crippen molar-refractivity contribution in [2.45, 2.75) is 54.1 Å². The molecule has 0 unspecified atom stereocenters. The smallest absolute Gasteiger partial charge is 0.381 e. The number of alkyl halides is 3. The number of nitrogens with zero attached hydrogens (tertiary/aromatic N) is 5. The molecule has 5 aromatic rings. The average molecular weight is 865 g/mol. The highest BCUT2D eigenvalue weighted by Crippen LogP contribution is 2.38. The molecule has 312 valence electrons. The van der Waals surface area contributed by atoms with E-state index in [1.54, 1.807) is 17.8 Å². The van der Waals surface area contributed by atoms with E-state index >= 15 is 0 Å². The number of fused-ring (bicyclic) bond motifs is 1. The first-order chi connectivity index (χ1) is 28.3. The molecule has 7 rings (SSSR count). The number of thioether (sulfide) groups is 1. The van der Waals surface area contributed by atoms with Crippen molar-refractivity contribution in [1.82, 2.24) is 19.8 Å². The van der Waals surface area contributed by atoms with Gasteiger partial charge in [0.15, 0.2) is 5.82 Å². The number of hydrogen-bond donors (Lipinski definition) is 2. The molecular weight excluding hydrogens is 815 g/mol. The Morgan fingerprint density at radius 2 is 1.64 bits per heavy atom. The molecule has 1 aromatic heterocycles. The van der Waals surface area contributed by atoms with Crippen molar-refractivity contribution in [3.05, 3.63) is 119 Å². The van der Waals surface area contributed by atoms with Crippen molar-refractivity contribution in [2.24, 2.45) is 0 Å². The standard InChI is InChI=1S/C44H49ClF3N7O2S2/c1-53(2)21-20-34(29-58-36-9-4-3-5-10-36)51-41-19-17-37(27-40(41)44(46,47)48)59(56,57)52-43-39-18-16-35(26-42(39)49-30-50-43)55-24-22-54(23-25-55)28-32-8-6-7-11-38(32)31-12-14-33(45)15-13-31/h3-5,9-10,12-19,26-27,30,34,51H,6-8,11,20-25,28-29H2,1-2H3,(H,49,50,52)/t34-/m1/s1. The third-order valence-electron chi connectivity index (χ3n) is 10.9. The van der Waals surface area contributed by atoms with Gasteiger partial charge in [0, 0.05) is 71.2 Å². The summed E-state index contributed by atoms with van der Waals surface area (Å²) in [4.78, 5) is 15.9. The lowest BCUT2D eigenvalue weighted by Gasteiger charge is -2.37. The van der Waals surface area contributed by atoms with Gasteiger partial charge in [0.1, 0.15) is 6.33 Å². The second kappa shape index (κ2) is 18.9. The Balaban J connectivity index is 1.03. The fourth-order valence-electron chi connectivity index (χ4n) is 7.68. The zero-order chi connectivity index (χ0) is 41.6. The maximum absolute atomic E-state index is 14.6. The van der Waals surface area contributed by atoms with Crippen LogP contribution in [0.2, 0.25) is 5.02 Å². The molecule has 2 N–H and O–H groups in total. The summed E-state index contributed by atoms with van der Waals surface area (Å²) in [5.41, 5.74) is 4.44. The number of sulfonamides is 1. The SMILES string of the molecule is CN(C)CC[C@H](CSc1ccccc1)Nc1ccc(S(=O)(=O)Nc2ncnc3cc(N4CCN(CC5=C(c6ccc(Cl)cc6)CCCC5)CC4)ccc23)cc1C(F)(F)F. The van der Waals surface area contributed by atoms with Gasteiger partial charge in [-0.2, -0.15) is 13.2 Å². The van der Waals surface area contributed by atoms with Gasteiger partial charge in [0.05, 0.1) is 16.0 Å². The van der Waals surface area contributed by atoms with Gasteiger partial charge in [-0.3, -0.25) is 9.62 Å². The molecule has 1 saturated heterocycles. The molecule has 15 heteroatoms. The van der Waals surface area contributed by atoms with Crippen molar-refractivity contribution in [1.29, 1.82) is 0 Å². The van der Waals surface area contributed by atoms with Gasteiger partial charge in [0.2, 0.25) is 0 Å². The highest BCUT2D eigenvalue weighted by atomic mass is 35.5. The van der Waals surface area contributed by atoms with E-state index in [0.29, 0.717) is 35.7 Å². The van der Waals surface area contributed by atoms with Gasteiger partial charge in [-0.05, 0) is 125 Å². The molecule has 0 radical (unpaired) electrons. The first kappa shape index (κ1) is 42.8. The summed E-state index contributed by atoms with van der Waals surface area (Å²) in [6, 6.07) is 26.1. The number of allylic oxidation sites excluding steroid dienone is 1. The Labute approximate surface area is 354 Å². The molecule has 2 heterocycles. The summed E-state index contributed by atoms with van der Waals surface area (Å²) >= 11 is 7.71. The first-order valence-corrected chi connectivity index (χ1v) is 22.7. The molecule has 9 nitrogen and oxygen atoms in total. The van der Waals surface area contributed by atoms with Gasteiger partial charge in [-0.15, -0.1) is 11.8 Å². The molecule has 4 aromatic carbocycles. The Hall–Kier alpha value is -4.34. The molecule has 59 heavy (non-hydrogen) atoms. The van der Waals surface area contributed by atoms with E-state index in [9.17, 15) is 21.6 Å². The van der Waals surface area contributed by atoms with Crippen molar-refractivity contribution < 1.29 is 21.6 Å². The highest BCUT2D eigenvalue weighted by Gasteiger charge is 2.36. The molecular formula is C44H49ClF3N7O2S2. The lowest BCUT2D eigenvalue weighted by molar-refractivity contribution is -0.137. The molecule has 0 saturated carbocycles. The Morgan fingerprint density at radius 1 is 0.898 bits per heavy atom. The van der Waals surface area contributed by atoms with Gasteiger partial charge in [-0.1, -0.05) is 47.5 Å². The van der Waals surface area contributed by atoms with Crippen LogP contribution in [0.4, 0.5) is 30.4 Å². The van der Waals surface area contributed by atoms with Crippen LogP contribution in [-0.4, -0.2) is 93.3 Å². The van der Waals surface area contributed by atoms with Crippen LogP contribution in [0, 0.1) is 0 Å². The maximum Gasteiger partial charge on any atom is 0.418 e. The third-order valence-corrected chi connectivity index (χ3v) is 13.6. The Bertz CT molecular complexity index is 2360. The second-order valence-electron chi connectivity index (χ2n) is 15.4. The number of hydrogen-bond acceptors (Lipinski definition) is 9. The number of aromatic nitrogens is 2. The van der Waals surface area contributed by atoms with E-state index in [0.717, 1.165) is 61.2 Å². The number of nitrogens with one attached hydrogen (secondary N) is 2. The molecule has 0 bridgehead atoms. The van der Waals surface area contributed by atoms with Crippen LogP contribution in [0.5, 0.6) is 0 Å². The van der Waals surface area contributed by atoms with Crippen LogP contribution in [0.1, 0.15) is 43.2 Å². The summed E-state index contributed by atoms with van der Waals surface area (Å²) in [5, 5.41) is 4.26. The van der Waals surface area contributed by atoms with Gasteiger partial charge < -0.3 is 15.1 Å². The van der Waals surface area contributed by atoms with Gasteiger partial charge in [0.25, 0.3) is 10.0 Å². The van der Waals surface area contributed by atoms with Crippen LogP contribution < -0.4 is 14.9 Å². The monoisotopic (exact) mass is 863 g/mol. The lowest BCUT2D eigenvalue weighted by Crippen LogP contribution is -2.47. The normalized spacial score (nSPS) is 16.2. The van der Waals surface area contributed by atoms with E-state index in [4.69, 9.17) is 11.6 Å². The predicted octanol–water partition coefficient (Wildman–Crippen LogP) is 9.78. The van der Waals surface area contributed by atoms with E-state index in [2.05, 4.69) is 41.9 Å². The fraction of sp³-hybridized carbons (Fsp3) is 0.364. The Kier molecular flexibility index (Phi) is 13.7. The Morgan fingerprint density at radius 3 is 2.37 bits per heavy atom. The van der Waals surface area contributed by atoms with Crippen molar-refractivity contribution >= 4 is 67.1 Å². The molecule has 0 amide bonds. The van der Waals surface area contributed by atoms with Gasteiger partial charge >= 0.3 is 6.18 Å². The number of benzene rings is 4. The van der Waals surface area contributed by atoms with Crippen LogP contribution in [-0.2, 0) is 16.2 Å². The number of piperazine rings is 1. The van der Waals surface area contributed by atoms with Crippen molar-refractivity contribution in [3.8, 4) is 0 Å². The zero-order valence-corrected chi connectivity index (χ0v) is 35.6. The molecule has 1 aliphatic heterocycles. The summed E-state index contributed by atoms with van der Waals surface area (Å²) in [6.07, 6.45) is 1.61. The van der Waals surface area contributed by atoms with Crippen molar-refractivity contribution in [3.63, 3.8) is 0 Å². The minimum Gasteiger partial charge on any atom is -0.381 e. The molecule has 1 aliphatic carbocycles. The van der Waals surface area contributed by atoms with E-state index in [1.165, 1.54) is 48.0 Å². The summed E-state index contributed by atoms with van der Waals surface area (Å²) in [5.74, 6) is 0.501. The predicted molar refractivity (Wildman–Crippen MR) is 235 cm³/mol. The quantitative estimate of drug-likeness (QED) is 0.0999. The summed E-state index contributed by atoms with van der Waals surface area (Å²) in [7, 11) is -0.659. The number of halogens is 4. The van der Waals surface area contributed by atoms with Crippen LogP contribution in [0.25, 0.3) is 16.5 Å². The molecule has 0 spiro atoms.